The van der Waals surface area contributed by atoms with Gasteiger partial charge in [-0.25, -0.2) is 0 Å². The van der Waals surface area contributed by atoms with Gasteiger partial charge in [0.25, 0.3) is 0 Å². The molecule has 4 heteroatoms. The number of ether oxygens (including phenoxy) is 1. The van der Waals surface area contributed by atoms with Crippen LogP contribution in [0.15, 0.2) is 0 Å². The summed E-state index contributed by atoms with van der Waals surface area (Å²) in [7, 11) is 0. The van der Waals surface area contributed by atoms with E-state index in [1.54, 1.807) is 0 Å². The van der Waals surface area contributed by atoms with E-state index in [0.29, 0.717) is 6.42 Å². The fourth-order valence-corrected chi connectivity index (χ4v) is 4.63. The highest BCUT2D eigenvalue weighted by Crippen LogP contribution is 2.29. The van der Waals surface area contributed by atoms with Gasteiger partial charge in [0.05, 0.1) is 6.10 Å². The fraction of sp³-hybridized carbons (Fsp3) is 0.957. The molecule has 0 amide bonds. The summed E-state index contributed by atoms with van der Waals surface area (Å²) in [5, 5.41) is 10.0. The third kappa shape index (κ3) is 12.1. The molecular formula is C23H44O3S. The average Bonchev–Trinajstić information content (AvgIpc) is 2.64. The van der Waals surface area contributed by atoms with Crippen LogP contribution in [0, 0.1) is 0 Å². The molecule has 0 spiro atoms. The molecule has 0 bridgehead atoms. The molecule has 27 heavy (non-hydrogen) atoms. The molecular weight excluding hydrogens is 356 g/mol. The largest absolute Gasteiger partial charge is 0.460 e. The van der Waals surface area contributed by atoms with E-state index in [1.165, 1.54) is 102 Å². The van der Waals surface area contributed by atoms with Crippen molar-refractivity contribution in [3.63, 3.8) is 0 Å². The summed E-state index contributed by atoms with van der Waals surface area (Å²) in [5.41, 5.74) is 0. The third-order valence-corrected chi connectivity index (χ3v) is 6.74. The molecule has 0 aromatic carbocycles. The van der Waals surface area contributed by atoms with Gasteiger partial charge in [0.1, 0.15) is 11.4 Å². The van der Waals surface area contributed by atoms with Crippen molar-refractivity contribution in [1.29, 1.82) is 0 Å². The van der Waals surface area contributed by atoms with E-state index >= 15 is 0 Å². The molecule has 0 aromatic heterocycles. The monoisotopic (exact) mass is 400 g/mol. The normalized spacial score (nSPS) is 20.3. The van der Waals surface area contributed by atoms with Gasteiger partial charge in [0.2, 0.25) is 0 Å². The molecule has 1 N–H and O–H groups in total. The first-order chi connectivity index (χ1) is 13.2. The van der Waals surface area contributed by atoms with E-state index in [9.17, 15) is 9.90 Å². The molecule has 3 atom stereocenters. The van der Waals surface area contributed by atoms with Crippen LogP contribution < -0.4 is 0 Å². The van der Waals surface area contributed by atoms with Crippen LogP contribution in [0.2, 0.25) is 0 Å². The molecule has 1 rings (SSSR count). The van der Waals surface area contributed by atoms with Crippen molar-refractivity contribution >= 4 is 17.7 Å². The van der Waals surface area contributed by atoms with Crippen molar-refractivity contribution in [2.75, 3.05) is 6.26 Å². The molecule has 0 aliphatic carbocycles. The number of carbonyl (C=O) groups excluding carboxylic acids is 1. The second-order valence-electron chi connectivity index (χ2n) is 8.26. The highest BCUT2D eigenvalue weighted by atomic mass is 32.2. The van der Waals surface area contributed by atoms with Crippen molar-refractivity contribution in [2.24, 2.45) is 0 Å². The lowest BCUT2D eigenvalue weighted by Gasteiger charge is -2.35. The van der Waals surface area contributed by atoms with Gasteiger partial charge in [-0.1, -0.05) is 103 Å². The zero-order valence-corrected chi connectivity index (χ0v) is 18.7. The zero-order valence-electron chi connectivity index (χ0n) is 17.9. The lowest BCUT2D eigenvalue weighted by molar-refractivity contribution is -0.169. The number of hydrogen-bond donors (Lipinski definition) is 1. The Morgan fingerprint density at radius 3 is 1.70 bits per heavy atom. The van der Waals surface area contributed by atoms with E-state index in [1.807, 2.05) is 6.26 Å². The molecule has 0 saturated carbocycles. The highest BCUT2D eigenvalue weighted by molar-refractivity contribution is 8.00. The van der Waals surface area contributed by atoms with Crippen LogP contribution >= 0.6 is 11.8 Å². The van der Waals surface area contributed by atoms with Crippen LogP contribution in [-0.4, -0.2) is 34.8 Å². The van der Waals surface area contributed by atoms with Gasteiger partial charge in [0.15, 0.2) is 0 Å². The average molecular weight is 401 g/mol. The number of thioether (sulfide) groups is 1. The molecule has 160 valence electrons. The minimum absolute atomic E-state index is 0.0549. The van der Waals surface area contributed by atoms with Crippen molar-refractivity contribution in [3.05, 3.63) is 0 Å². The lowest BCUT2D eigenvalue weighted by atomic mass is 9.99. The van der Waals surface area contributed by atoms with E-state index < -0.39 is 0 Å². The van der Waals surface area contributed by atoms with Gasteiger partial charge in [-0.3, -0.25) is 4.79 Å². The maximum atomic E-state index is 11.2. The number of aliphatic hydroxyl groups excluding tert-OH is 1. The van der Waals surface area contributed by atoms with Crippen molar-refractivity contribution in [3.8, 4) is 0 Å². The molecule has 1 saturated heterocycles. The molecule has 0 radical (unpaired) electrons. The topological polar surface area (TPSA) is 46.5 Å². The summed E-state index contributed by atoms with van der Waals surface area (Å²) in [5.74, 6) is -0.119. The van der Waals surface area contributed by atoms with Gasteiger partial charge < -0.3 is 9.84 Å². The summed E-state index contributed by atoms with van der Waals surface area (Å²) in [4.78, 5) is 11.2. The number of rotatable bonds is 19. The van der Waals surface area contributed by atoms with Gasteiger partial charge in [-0.2, -0.15) is 0 Å². The number of esters is 1. The number of hydrogen-bond acceptors (Lipinski definition) is 4. The Balaban J connectivity index is 1.77. The summed E-state index contributed by atoms with van der Waals surface area (Å²) in [6.45, 7) is 2.28. The Morgan fingerprint density at radius 1 is 0.852 bits per heavy atom. The SMILES string of the molecule is CCCCCCCCCCCCCCCCCC(O)C[C@@H]1OC(=O)[C@@H]1SC. The Kier molecular flexibility index (Phi) is 15.4. The quantitative estimate of drug-likeness (QED) is 0.195. The van der Waals surface area contributed by atoms with Crippen LogP contribution in [-0.2, 0) is 9.53 Å². The van der Waals surface area contributed by atoms with Crippen LogP contribution in [0.3, 0.4) is 0 Å². The number of unbranched alkanes of at least 4 members (excludes halogenated alkanes) is 14. The second kappa shape index (κ2) is 16.7. The summed E-state index contributed by atoms with van der Waals surface area (Å²) < 4.78 is 5.12. The van der Waals surface area contributed by atoms with Gasteiger partial charge in [-0.05, 0) is 12.7 Å². The number of carbonyl (C=O) groups is 1. The molecule has 1 heterocycles. The first-order valence-electron chi connectivity index (χ1n) is 11.6. The summed E-state index contributed by atoms with van der Waals surface area (Å²) >= 11 is 1.53. The molecule has 0 aromatic rings. The third-order valence-electron chi connectivity index (χ3n) is 5.74. The van der Waals surface area contributed by atoms with E-state index in [-0.39, 0.29) is 23.4 Å². The minimum atomic E-state index is -0.320. The summed E-state index contributed by atoms with van der Waals surface area (Å²) in [6.07, 6.45) is 23.4. The lowest BCUT2D eigenvalue weighted by Crippen LogP contribution is -2.49. The van der Waals surface area contributed by atoms with Crippen molar-refractivity contribution in [2.45, 2.75) is 134 Å². The highest BCUT2D eigenvalue weighted by Gasteiger charge is 2.42. The Bertz CT molecular complexity index is 362. The van der Waals surface area contributed by atoms with Crippen LogP contribution in [0.4, 0.5) is 0 Å². The predicted molar refractivity (Wildman–Crippen MR) is 117 cm³/mol. The standard InChI is InChI=1S/C23H44O3S/c1-3-4-5-6-7-8-9-10-11-12-13-14-15-16-17-18-20(24)19-21-22(27-2)23(25)26-21/h20-22,24H,3-19H2,1-2H3/t20?,21-,22+/m0/s1. The zero-order chi connectivity index (χ0) is 19.7. The first kappa shape index (κ1) is 24.8. The molecule has 1 aliphatic rings. The fourth-order valence-electron chi connectivity index (χ4n) is 3.91. The van der Waals surface area contributed by atoms with Gasteiger partial charge >= 0.3 is 5.97 Å². The Morgan fingerprint density at radius 2 is 1.30 bits per heavy atom. The van der Waals surface area contributed by atoms with E-state index in [2.05, 4.69) is 6.92 Å². The van der Waals surface area contributed by atoms with Crippen molar-refractivity contribution in [1.82, 2.24) is 0 Å². The van der Waals surface area contributed by atoms with Gasteiger partial charge in [0, 0.05) is 6.42 Å². The second-order valence-corrected chi connectivity index (χ2v) is 9.24. The van der Waals surface area contributed by atoms with Crippen molar-refractivity contribution < 1.29 is 14.6 Å². The van der Waals surface area contributed by atoms with Gasteiger partial charge in [-0.15, -0.1) is 11.8 Å². The van der Waals surface area contributed by atoms with Crippen LogP contribution in [0.5, 0.6) is 0 Å². The molecule has 1 aliphatic heterocycles. The Labute approximate surface area is 172 Å². The summed E-state index contributed by atoms with van der Waals surface area (Å²) in [6, 6.07) is 0. The number of aliphatic hydroxyl groups is 1. The smallest absolute Gasteiger partial charge is 0.323 e. The Hall–Kier alpha value is -0.220. The number of cyclic esters (lactones) is 1. The predicted octanol–water partition coefficient (Wildman–Crippen LogP) is 6.66. The maximum absolute atomic E-state index is 11.2. The molecule has 1 unspecified atom stereocenters. The van der Waals surface area contributed by atoms with E-state index in [4.69, 9.17) is 4.74 Å². The maximum Gasteiger partial charge on any atom is 0.323 e. The molecule has 3 nitrogen and oxygen atoms in total. The van der Waals surface area contributed by atoms with Crippen LogP contribution in [0.1, 0.15) is 116 Å². The first-order valence-corrected chi connectivity index (χ1v) is 12.9. The minimum Gasteiger partial charge on any atom is -0.460 e. The molecule has 1 fully saturated rings. The van der Waals surface area contributed by atoms with E-state index in [0.717, 1.165) is 12.8 Å². The van der Waals surface area contributed by atoms with Crippen LogP contribution in [0.25, 0.3) is 0 Å².